The second-order valence-electron chi connectivity index (χ2n) is 3.93. The molecule has 0 nitrogen and oxygen atoms in total. The van der Waals surface area contributed by atoms with Crippen molar-refractivity contribution < 1.29 is 0 Å². The topological polar surface area (TPSA) is 0 Å². The molecule has 0 unspecified atom stereocenters. The van der Waals surface area contributed by atoms with E-state index in [4.69, 9.17) is 0 Å². The molecule has 0 heteroatoms. The quantitative estimate of drug-likeness (QED) is 0.562. The normalized spacial score (nSPS) is 25.4. The second kappa shape index (κ2) is 2.51. The average molecular weight is 148 g/mol. The van der Waals surface area contributed by atoms with E-state index in [1.165, 1.54) is 32.1 Å². The molecule has 11 heavy (non-hydrogen) atoms. The van der Waals surface area contributed by atoms with Crippen LogP contribution in [0.3, 0.4) is 0 Å². The van der Waals surface area contributed by atoms with Crippen LogP contribution in [0, 0.1) is 5.41 Å². The van der Waals surface area contributed by atoms with Gasteiger partial charge in [0.1, 0.15) is 0 Å². The largest absolute Gasteiger partial charge is 0.0805 e. The average Bonchev–Trinajstić information content (AvgIpc) is 2.76. The van der Waals surface area contributed by atoms with Crippen molar-refractivity contribution >= 4 is 0 Å². The van der Waals surface area contributed by atoms with Crippen LogP contribution in [0.1, 0.15) is 39.0 Å². The minimum Gasteiger partial charge on any atom is -0.0805 e. The van der Waals surface area contributed by atoms with Gasteiger partial charge >= 0.3 is 0 Å². The number of hydrogen-bond acceptors (Lipinski definition) is 0. The highest BCUT2D eigenvalue weighted by molar-refractivity contribution is 5.29. The summed E-state index contributed by atoms with van der Waals surface area (Å²) in [7, 11) is 0. The molecule has 2 aliphatic rings. The third kappa shape index (κ3) is 1.40. The van der Waals surface area contributed by atoms with Gasteiger partial charge in [-0.05, 0) is 31.1 Å². The minimum atomic E-state index is 0.650. The molecule has 0 saturated heterocycles. The molecule has 0 heterocycles. The number of allylic oxidation sites excluding steroid dienone is 4. The summed E-state index contributed by atoms with van der Waals surface area (Å²) in [4.78, 5) is 0. The lowest BCUT2D eigenvalue weighted by atomic mass is 9.92. The van der Waals surface area contributed by atoms with Crippen LogP contribution in [0.25, 0.3) is 0 Å². The number of rotatable bonds is 2. The van der Waals surface area contributed by atoms with Gasteiger partial charge in [-0.3, -0.25) is 0 Å². The summed E-state index contributed by atoms with van der Waals surface area (Å²) < 4.78 is 0. The molecule has 2 aliphatic carbocycles. The highest BCUT2D eigenvalue weighted by Gasteiger charge is 2.39. The maximum Gasteiger partial charge on any atom is -0.00797 e. The van der Waals surface area contributed by atoms with Gasteiger partial charge in [0.2, 0.25) is 0 Å². The molecule has 1 fully saturated rings. The lowest BCUT2D eigenvalue weighted by Crippen LogP contribution is -1.98. The Morgan fingerprint density at radius 1 is 1.45 bits per heavy atom. The van der Waals surface area contributed by atoms with Gasteiger partial charge in [0.25, 0.3) is 0 Å². The first-order valence-corrected chi connectivity index (χ1v) is 4.73. The Kier molecular flexibility index (Phi) is 1.63. The molecule has 0 bridgehead atoms. The van der Waals surface area contributed by atoms with E-state index in [9.17, 15) is 0 Å². The zero-order valence-electron chi connectivity index (χ0n) is 7.27. The smallest absolute Gasteiger partial charge is 0.00797 e. The molecule has 0 N–H and O–H groups in total. The third-order valence-corrected chi connectivity index (χ3v) is 2.85. The molecule has 0 atom stereocenters. The molecule has 2 rings (SSSR count). The first-order valence-electron chi connectivity index (χ1n) is 4.73. The lowest BCUT2D eigenvalue weighted by molar-refractivity contribution is 0.650. The van der Waals surface area contributed by atoms with Crippen molar-refractivity contribution in [3.63, 3.8) is 0 Å². The highest BCUT2D eigenvalue weighted by Crippen LogP contribution is 2.52. The van der Waals surface area contributed by atoms with Gasteiger partial charge < -0.3 is 0 Å². The van der Waals surface area contributed by atoms with E-state index in [1.54, 1.807) is 5.57 Å². The van der Waals surface area contributed by atoms with E-state index < -0.39 is 0 Å². The predicted octanol–water partition coefficient (Wildman–Crippen LogP) is 3.45. The van der Waals surface area contributed by atoms with Crippen molar-refractivity contribution in [1.82, 2.24) is 0 Å². The van der Waals surface area contributed by atoms with E-state index in [2.05, 4.69) is 25.2 Å². The molecule has 1 spiro atoms. The van der Waals surface area contributed by atoms with Crippen LogP contribution in [-0.2, 0) is 0 Å². The van der Waals surface area contributed by atoms with Crippen LogP contribution in [-0.4, -0.2) is 0 Å². The SMILES string of the molecule is CCCC1=CCC2(C=C1)CC2. The van der Waals surface area contributed by atoms with Crippen molar-refractivity contribution in [2.24, 2.45) is 5.41 Å². The Balaban J connectivity index is 1.97. The molecule has 1 saturated carbocycles. The zero-order valence-corrected chi connectivity index (χ0v) is 7.27. The first-order chi connectivity index (χ1) is 5.35. The number of hydrogen-bond donors (Lipinski definition) is 0. The van der Waals surface area contributed by atoms with Crippen LogP contribution in [0.15, 0.2) is 23.8 Å². The maximum absolute atomic E-state index is 2.44. The van der Waals surface area contributed by atoms with Crippen LogP contribution < -0.4 is 0 Å². The summed E-state index contributed by atoms with van der Waals surface area (Å²) in [5, 5.41) is 0. The van der Waals surface area contributed by atoms with E-state index >= 15 is 0 Å². The molecule has 0 aromatic heterocycles. The van der Waals surface area contributed by atoms with Crippen molar-refractivity contribution in [3.8, 4) is 0 Å². The molecule has 0 radical (unpaired) electrons. The molecular formula is C11H16. The van der Waals surface area contributed by atoms with Gasteiger partial charge in [-0.15, -0.1) is 0 Å². The fraction of sp³-hybridized carbons (Fsp3) is 0.636. The Morgan fingerprint density at radius 3 is 2.73 bits per heavy atom. The third-order valence-electron chi connectivity index (χ3n) is 2.85. The molecule has 0 aliphatic heterocycles. The zero-order chi connectivity index (χ0) is 7.73. The van der Waals surface area contributed by atoms with Crippen molar-refractivity contribution in [2.45, 2.75) is 39.0 Å². The van der Waals surface area contributed by atoms with Crippen LogP contribution in [0.2, 0.25) is 0 Å². The van der Waals surface area contributed by atoms with Crippen molar-refractivity contribution in [3.05, 3.63) is 23.8 Å². The van der Waals surface area contributed by atoms with Gasteiger partial charge in [-0.2, -0.15) is 0 Å². The maximum atomic E-state index is 2.44. The molecule has 60 valence electrons. The van der Waals surface area contributed by atoms with Gasteiger partial charge in [0, 0.05) is 0 Å². The van der Waals surface area contributed by atoms with Crippen LogP contribution in [0.4, 0.5) is 0 Å². The van der Waals surface area contributed by atoms with E-state index in [0.29, 0.717) is 5.41 Å². The van der Waals surface area contributed by atoms with Crippen LogP contribution in [0.5, 0.6) is 0 Å². The van der Waals surface area contributed by atoms with E-state index in [1.807, 2.05) is 0 Å². The van der Waals surface area contributed by atoms with Gasteiger partial charge in [-0.1, -0.05) is 37.1 Å². The summed E-state index contributed by atoms with van der Waals surface area (Å²) >= 11 is 0. The predicted molar refractivity (Wildman–Crippen MR) is 48.4 cm³/mol. The van der Waals surface area contributed by atoms with E-state index in [-0.39, 0.29) is 0 Å². The summed E-state index contributed by atoms with van der Waals surface area (Å²) in [5.41, 5.74) is 2.21. The van der Waals surface area contributed by atoms with Crippen molar-refractivity contribution in [1.29, 1.82) is 0 Å². The monoisotopic (exact) mass is 148 g/mol. The van der Waals surface area contributed by atoms with Gasteiger partial charge in [0.05, 0.1) is 0 Å². The second-order valence-corrected chi connectivity index (χ2v) is 3.93. The Morgan fingerprint density at radius 2 is 2.27 bits per heavy atom. The summed E-state index contributed by atoms with van der Waals surface area (Å²) in [6.45, 7) is 2.25. The van der Waals surface area contributed by atoms with Gasteiger partial charge in [0.15, 0.2) is 0 Å². The van der Waals surface area contributed by atoms with Crippen LogP contribution >= 0.6 is 0 Å². The summed E-state index contributed by atoms with van der Waals surface area (Å²) in [6.07, 6.45) is 14.0. The first kappa shape index (κ1) is 7.15. The summed E-state index contributed by atoms with van der Waals surface area (Å²) in [5.74, 6) is 0. The van der Waals surface area contributed by atoms with Gasteiger partial charge in [-0.25, -0.2) is 0 Å². The van der Waals surface area contributed by atoms with E-state index in [0.717, 1.165) is 0 Å². The molecule has 0 aromatic carbocycles. The fourth-order valence-corrected chi connectivity index (χ4v) is 1.76. The minimum absolute atomic E-state index is 0.650. The lowest BCUT2D eigenvalue weighted by Gasteiger charge is -2.13. The Hall–Kier alpha value is -0.520. The summed E-state index contributed by atoms with van der Waals surface area (Å²) in [6, 6.07) is 0. The standard InChI is InChI=1S/C11H16/c1-2-3-10-4-6-11(7-5-10)8-9-11/h4-6H,2-3,7-9H2,1H3. The Bertz CT molecular complexity index is 204. The highest BCUT2D eigenvalue weighted by atomic mass is 14.4. The molecular weight excluding hydrogens is 132 g/mol. The molecule has 0 aromatic rings. The Labute approximate surface area is 69.0 Å². The molecule has 0 amide bonds. The van der Waals surface area contributed by atoms with Crippen molar-refractivity contribution in [2.75, 3.05) is 0 Å². The fourth-order valence-electron chi connectivity index (χ4n) is 1.76.